The predicted molar refractivity (Wildman–Crippen MR) is 45.1 cm³/mol. The summed E-state index contributed by atoms with van der Waals surface area (Å²) in [5.41, 5.74) is 5.90. The molecule has 5 nitrogen and oxygen atoms in total. The van der Waals surface area contributed by atoms with E-state index < -0.39 is 0 Å². The summed E-state index contributed by atoms with van der Waals surface area (Å²) in [5.74, 6) is 1.48. The number of aromatic amines is 1. The van der Waals surface area contributed by atoms with Gasteiger partial charge in [0.1, 0.15) is 0 Å². The molecule has 5 heteroatoms. The van der Waals surface area contributed by atoms with E-state index in [4.69, 9.17) is 5.73 Å². The largest absolute Gasteiger partial charge is 0.321 e. The van der Waals surface area contributed by atoms with Crippen LogP contribution in [0, 0.1) is 11.8 Å². The van der Waals surface area contributed by atoms with Gasteiger partial charge in [0.15, 0.2) is 5.82 Å². The SMILES string of the molecule is CC(C)C(C)C(N)c1nn[nH]n1. The third-order valence-corrected chi connectivity index (χ3v) is 2.28. The molecule has 2 atom stereocenters. The number of aromatic nitrogens is 4. The van der Waals surface area contributed by atoms with E-state index in [1.807, 2.05) is 0 Å². The van der Waals surface area contributed by atoms with Gasteiger partial charge in [-0.05, 0) is 11.8 Å². The Labute approximate surface area is 71.7 Å². The molecule has 12 heavy (non-hydrogen) atoms. The second-order valence-electron chi connectivity index (χ2n) is 3.40. The highest BCUT2D eigenvalue weighted by molar-refractivity contribution is 4.90. The average Bonchev–Trinajstić information content (AvgIpc) is 2.53. The summed E-state index contributed by atoms with van der Waals surface area (Å²) in [7, 11) is 0. The van der Waals surface area contributed by atoms with E-state index in [0.29, 0.717) is 17.7 Å². The molecule has 0 saturated heterocycles. The summed E-state index contributed by atoms with van der Waals surface area (Å²) in [6, 6.07) is -0.122. The Morgan fingerprint density at radius 1 is 1.33 bits per heavy atom. The van der Waals surface area contributed by atoms with E-state index >= 15 is 0 Å². The Kier molecular flexibility index (Phi) is 2.75. The molecule has 0 saturated carbocycles. The lowest BCUT2D eigenvalue weighted by Gasteiger charge is -2.19. The zero-order valence-electron chi connectivity index (χ0n) is 7.65. The van der Waals surface area contributed by atoms with E-state index in [-0.39, 0.29) is 6.04 Å². The van der Waals surface area contributed by atoms with Crippen molar-refractivity contribution in [2.75, 3.05) is 0 Å². The number of H-pyrrole nitrogens is 1. The highest BCUT2D eigenvalue weighted by atomic mass is 15.5. The van der Waals surface area contributed by atoms with Crippen molar-refractivity contribution < 1.29 is 0 Å². The van der Waals surface area contributed by atoms with Crippen LogP contribution in [0.3, 0.4) is 0 Å². The topological polar surface area (TPSA) is 80.5 Å². The minimum atomic E-state index is -0.122. The molecule has 1 heterocycles. The first-order chi connectivity index (χ1) is 5.63. The van der Waals surface area contributed by atoms with Crippen molar-refractivity contribution in [3.05, 3.63) is 5.82 Å². The maximum atomic E-state index is 5.90. The van der Waals surface area contributed by atoms with Crippen molar-refractivity contribution >= 4 is 0 Å². The highest BCUT2D eigenvalue weighted by Crippen LogP contribution is 2.21. The smallest absolute Gasteiger partial charge is 0.191 e. The second-order valence-corrected chi connectivity index (χ2v) is 3.40. The normalized spacial score (nSPS) is 16.4. The van der Waals surface area contributed by atoms with Gasteiger partial charge in [-0.2, -0.15) is 5.21 Å². The van der Waals surface area contributed by atoms with Gasteiger partial charge in [-0.1, -0.05) is 26.0 Å². The quantitative estimate of drug-likeness (QED) is 0.690. The Morgan fingerprint density at radius 2 is 2.00 bits per heavy atom. The first-order valence-electron chi connectivity index (χ1n) is 4.12. The number of hydrogen-bond donors (Lipinski definition) is 2. The highest BCUT2D eigenvalue weighted by Gasteiger charge is 2.21. The average molecular weight is 169 g/mol. The summed E-state index contributed by atoms with van der Waals surface area (Å²) in [5, 5.41) is 13.6. The number of nitrogens with zero attached hydrogens (tertiary/aromatic N) is 3. The first kappa shape index (κ1) is 9.12. The summed E-state index contributed by atoms with van der Waals surface area (Å²) in [6.45, 7) is 6.35. The van der Waals surface area contributed by atoms with Gasteiger partial charge in [0.05, 0.1) is 6.04 Å². The molecular formula is C7H15N5. The molecule has 0 aliphatic heterocycles. The van der Waals surface area contributed by atoms with Crippen LogP contribution in [-0.2, 0) is 0 Å². The molecule has 0 bridgehead atoms. The molecule has 0 amide bonds. The standard InChI is InChI=1S/C7H15N5/c1-4(2)5(3)6(8)7-9-11-12-10-7/h4-6H,8H2,1-3H3,(H,9,10,11,12). The van der Waals surface area contributed by atoms with Crippen molar-refractivity contribution in [2.45, 2.75) is 26.8 Å². The lowest BCUT2D eigenvalue weighted by Crippen LogP contribution is -2.24. The maximum Gasteiger partial charge on any atom is 0.191 e. The molecule has 1 aromatic heterocycles. The molecule has 0 spiro atoms. The molecule has 68 valence electrons. The van der Waals surface area contributed by atoms with E-state index in [2.05, 4.69) is 41.4 Å². The molecule has 0 radical (unpaired) electrons. The van der Waals surface area contributed by atoms with E-state index in [1.165, 1.54) is 0 Å². The zero-order valence-corrected chi connectivity index (χ0v) is 7.65. The van der Waals surface area contributed by atoms with Gasteiger partial charge in [-0.3, -0.25) is 0 Å². The van der Waals surface area contributed by atoms with Crippen molar-refractivity contribution in [1.82, 2.24) is 20.6 Å². The Hall–Kier alpha value is -0.970. The first-order valence-corrected chi connectivity index (χ1v) is 4.12. The number of tetrazole rings is 1. The van der Waals surface area contributed by atoms with E-state index in [1.54, 1.807) is 0 Å². The van der Waals surface area contributed by atoms with Crippen LogP contribution in [0.15, 0.2) is 0 Å². The number of rotatable bonds is 3. The van der Waals surface area contributed by atoms with Crippen molar-refractivity contribution in [3.63, 3.8) is 0 Å². The van der Waals surface area contributed by atoms with Crippen LogP contribution in [0.4, 0.5) is 0 Å². The van der Waals surface area contributed by atoms with Gasteiger partial charge >= 0.3 is 0 Å². The Balaban J connectivity index is 2.65. The summed E-state index contributed by atoms with van der Waals surface area (Å²) in [6.07, 6.45) is 0. The van der Waals surface area contributed by atoms with Crippen LogP contribution in [-0.4, -0.2) is 20.6 Å². The maximum absolute atomic E-state index is 5.90. The fourth-order valence-electron chi connectivity index (χ4n) is 0.961. The van der Waals surface area contributed by atoms with Gasteiger partial charge < -0.3 is 5.73 Å². The fraction of sp³-hybridized carbons (Fsp3) is 0.857. The van der Waals surface area contributed by atoms with Gasteiger partial charge in [-0.15, -0.1) is 10.2 Å². The van der Waals surface area contributed by atoms with Gasteiger partial charge in [-0.25, -0.2) is 0 Å². The molecule has 3 N–H and O–H groups in total. The second kappa shape index (κ2) is 3.62. The van der Waals surface area contributed by atoms with Gasteiger partial charge in [0, 0.05) is 0 Å². The van der Waals surface area contributed by atoms with Crippen LogP contribution < -0.4 is 5.73 Å². The molecule has 0 aliphatic carbocycles. The summed E-state index contributed by atoms with van der Waals surface area (Å²) >= 11 is 0. The lowest BCUT2D eigenvalue weighted by molar-refractivity contribution is 0.342. The molecule has 0 aliphatic rings. The minimum absolute atomic E-state index is 0.122. The number of nitrogens with two attached hydrogens (primary N) is 1. The lowest BCUT2D eigenvalue weighted by atomic mass is 9.90. The zero-order chi connectivity index (χ0) is 9.14. The van der Waals surface area contributed by atoms with Crippen molar-refractivity contribution in [2.24, 2.45) is 17.6 Å². The Bertz CT molecular complexity index is 218. The molecule has 1 rings (SSSR count). The molecule has 0 fully saturated rings. The minimum Gasteiger partial charge on any atom is -0.321 e. The molecule has 0 aromatic carbocycles. The number of hydrogen-bond acceptors (Lipinski definition) is 4. The van der Waals surface area contributed by atoms with Gasteiger partial charge in [0.2, 0.25) is 0 Å². The van der Waals surface area contributed by atoms with Crippen molar-refractivity contribution in [1.29, 1.82) is 0 Å². The van der Waals surface area contributed by atoms with E-state index in [0.717, 1.165) is 0 Å². The molecule has 2 unspecified atom stereocenters. The molecule has 1 aromatic rings. The fourth-order valence-corrected chi connectivity index (χ4v) is 0.961. The molecular weight excluding hydrogens is 154 g/mol. The van der Waals surface area contributed by atoms with Gasteiger partial charge in [0.25, 0.3) is 0 Å². The predicted octanol–water partition coefficient (Wildman–Crippen LogP) is 0.492. The number of nitrogens with one attached hydrogen (secondary N) is 1. The third kappa shape index (κ3) is 1.79. The van der Waals surface area contributed by atoms with Crippen molar-refractivity contribution in [3.8, 4) is 0 Å². The van der Waals surface area contributed by atoms with Crippen LogP contribution in [0.1, 0.15) is 32.6 Å². The summed E-state index contributed by atoms with van der Waals surface area (Å²) in [4.78, 5) is 0. The van der Waals surface area contributed by atoms with Crippen LogP contribution in [0.5, 0.6) is 0 Å². The van der Waals surface area contributed by atoms with E-state index in [9.17, 15) is 0 Å². The monoisotopic (exact) mass is 169 g/mol. The Morgan fingerprint density at radius 3 is 2.42 bits per heavy atom. The van der Waals surface area contributed by atoms with Crippen LogP contribution in [0.2, 0.25) is 0 Å². The summed E-state index contributed by atoms with van der Waals surface area (Å²) < 4.78 is 0. The van der Waals surface area contributed by atoms with Crippen LogP contribution >= 0.6 is 0 Å². The third-order valence-electron chi connectivity index (χ3n) is 2.28. The van der Waals surface area contributed by atoms with Crippen LogP contribution in [0.25, 0.3) is 0 Å².